The summed E-state index contributed by atoms with van der Waals surface area (Å²) >= 11 is 0. The lowest BCUT2D eigenvalue weighted by molar-refractivity contribution is -0.124. The highest BCUT2D eigenvalue weighted by Crippen LogP contribution is 2.34. The molecule has 0 heterocycles. The molecule has 0 bridgehead atoms. The molecular formula is C21H28N4O3S. The van der Waals surface area contributed by atoms with Crippen LogP contribution in [0.25, 0.3) is 0 Å². The van der Waals surface area contributed by atoms with Crippen molar-refractivity contribution < 1.29 is 13.2 Å². The Balaban J connectivity index is 1.60. The summed E-state index contributed by atoms with van der Waals surface area (Å²) in [7, 11) is -3.74. The molecule has 1 aromatic rings. The average molecular weight is 417 g/mol. The molecule has 1 amide bonds. The van der Waals surface area contributed by atoms with E-state index in [1.165, 1.54) is 37.6 Å². The second-order valence-corrected chi connectivity index (χ2v) is 9.59. The topological polar surface area (TPSA) is 111 Å². The standard InChI is InChI=1S/C21H28N4O3S/c22-16-21(11-12-21)25-20(26)19(15-17-7-3-1-4-8-17)23-13-14-24-29(27,28)18-9-5-2-6-10-18/h2,5-6,9-10,14,17,19,23H,1,3-4,7-8,11-13,15H2,(H,25,26)/t19-/m0/s1. The van der Waals surface area contributed by atoms with Crippen LogP contribution in [0.2, 0.25) is 0 Å². The summed E-state index contributed by atoms with van der Waals surface area (Å²) in [6, 6.07) is 9.75. The van der Waals surface area contributed by atoms with Crippen molar-refractivity contribution in [2.24, 2.45) is 10.3 Å². The number of nitrogens with one attached hydrogen (secondary N) is 2. The van der Waals surface area contributed by atoms with Crippen molar-refractivity contribution in [2.75, 3.05) is 6.54 Å². The fraction of sp³-hybridized carbons (Fsp3) is 0.571. The van der Waals surface area contributed by atoms with Crippen molar-refractivity contribution in [1.82, 2.24) is 10.6 Å². The van der Waals surface area contributed by atoms with Crippen molar-refractivity contribution in [1.29, 1.82) is 5.26 Å². The van der Waals surface area contributed by atoms with E-state index in [1.807, 2.05) is 0 Å². The molecule has 156 valence electrons. The van der Waals surface area contributed by atoms with Crippen LogP contribution in [0, 0.1) is 17.2 Å². The third kappa shape index (κ3) is 6.12. The number of sulfonamides is 1. The van der Waals surface area contributed by atoms with Gasteiger partial charge in [0.25, 0.3) is 10.0 Å². The van der Waals surface area contributed by atoms with Crippen molar-refractivity contribution in [3.05, 3.63) is 30.3 Å². The van der Waals surface area contributed by atoms with Crippen LogP contribution in [0.15, 0.2) is 39.6 Å². The van der Waals surface area contributed by atoms with E-state index in [9.17, 15) is 18.5 Å². The van der Waals surface area contributed by atoms with Gasteiger partial charge in [0.1, 0.15) is 5.54 Å². The first-order valence-corrected chi connectivity index (χ1v) is 11.7. The summed E-state index contributed by atoms with van der Waals surface area (Å²) in [4.78, 5) is 12.9. The molecule has 0 aromatic heterocycles. The smallest absolute Gasteiger partial charge is 0.282 e. The fourth-order valence-electron chi connectivity index (χ4n) is 3.74. The number of hydrogen-bond acceptors (Lipinski definition) is 5. The molecule has 8 heteroatoms. The Hall–Kier alpha value is -2.24. The highest BCUT2D eigenvalue weighted by atomic mass is 32.2. The lowest BCUT2D eigenvalue weighted by Crippen LogP contribution is -2.49. The highest BCUT2D eigenvalue weighted by Gasteiger charge is 2.45. The van der Waals surface area contributed by atoms with E-state index in [1.54, 1.807) is 18.2 Å². The number of nitrogens with zero attached hydrogens (tertiary/aromatic N) is 2. The van der Waals surface area contributed by atoms with E-state index in [0.717, 1.165) is 12.8 Å². The molecule has 7 nitrogen and oxygen atoms in total. The van der Waals surface area contributed by atoms with Crippen LogP contribution in [-0.2, 0) is 14.8 Å². The quantitative estimate of drug-likeness (QED) is 0.601. The Morgan fingerprint density at radius 3 is 2.55 bits per heavy atom. The minimum atomic E-state index is -3.74. The monoisotopic (exact) mass is 416 g/mol. The first-order chi connectivity index (χ1) is 13.9. The summed E-state index contributed by atoms with van der Waals surface area (Å²) in [6.45, 7) is 0.163. The van der Waals surface area contributed by atoms with Crippen LogP contribution >= 0.6 is 0 Å². The minimum Gasteiger partial charge on any atom is -0.336 e. The van der Waals surface area contributed by atoms with Gasteiger partial charge in [-0.3, -0.25) is 4.79 Å². The van der Waals surface area contributed by atoms with Gasteiger partial charge in [0.05, 0.1) is 17.0 Å². The molecule has 2 aliphatic rings. The van der Waals surface area contributed by atoms with Gasteiger partial charge in [0.15, 0.2) is 0 Å². The van der Waals surface area contributed by atoms with Gasteiger partial charge in [0.2, 0.25) is 5.91 Å². The molecule has 2 N–H and O–H groups in total. The Morgan fingerprint density at radius 2 is 1.93 bits per heavy atom. The van der Waals surface area contributed by atoms with Gasteiger partial charge in [-0.2, -0.15) is 18.1 Å². The Labute approximate surface area is 172 Å². The third-order valence-electron chi connectivity index (χ3n) is 5.65. The van der Waals surface area contributed by atoms with Gasteiger partial charge in [0, 0.05) is 12.8 Å². The first-order valence-electron chi connectivity index (χ1n) is 10.2. The number of benzene rings is 1. The molecule has 0 spiro atoms. The van der Waals surface area contributed by atoms with E-state index < -0.39 is 21.6 Å². The lowest BCUT2D eigenvalue weighted by Gasteiger charge is -2.27. The SMILES string of the molecule is N#CC1(NC(=O)[C@H](CC2CCCCC2)NCC=NS(=O)(=O)c2ccccc2)CC1. The Kier molecular flexibility index (Phi) is 7.04. The molecule has 0 unspecified atom stereocenters. The number of rotatable bonds is 9. The number of carbonyl (C=O) groups is 1. The highest BCUT2D eigenvalue weighted by molar-refractivity contribution is 7.90. The average Bonchev–Trinajstić information content (AvgIpc) is 3.51. The number of hydrogen-bond donors (Lipinski definition) is 2. The maximum absolute atomic E-state index is 12.8. The summed E-state index contributed by atoms with van der Waals surface area (Å²) in [5.41, 5.74) is -0.714. The van der Waals surface area contributed by atoms with Crippen LogP contribution in [-0.4, -0.2) is 38.7 Å². The molecule has 1 aromatic carbocycles. The molecule has 0 radical (unpaired) electrons. The summed E-state index contributed by atoms with van der Waals surface area (Å²) in [5, 5.41) is 15.2. The number of carbonyl (C=O) groups excluding carboxylic acids is 1. The van der Waals surface area contributed by atoms with Crippen molar-refractivity contribution in [3.63, 3.8) is 0 Å². The zero-order valence-electron chi connectivity index (χ0n) is 16.5. The minimum absolute atomic E-state index is 0.137. The summed E-state index contributed by atoms with van der Waals surface area (Å²) in [6.07, 6.45) is 9.15. The van der Waals surface area contributed by atoms with Gasteiger partial charge in [-0.15, -0.1) is 0 Å². The first kappa shape index (κ1) is 21.5. The van der Waals surface area contributed by atoms with E-state index >= 15 is 0 Å². The maximum Gasteiger partial charge on any atom is 0.282 e. The van der Waals surface area contributed by atoms with Crippen LogP contribution in [0.4, 0.5) is 0 Å². The van der Waals surface area contributed by atoms with Crippen LogP contribution in [0.1, 0.15) is 51.4 Å². The second-order valence-electron chi connectivity index (χ2n) is 7.96. The molecule has 2 saturated carbocycles. The predicted molar refractivity (Wildman–Crippen MR) is 111 cm³/mol. The lowest BCUT2D eigenvalue weighted by atomic mass is 9.84. The van der Waals surface area contributed by atoms with Gasteiger partial charge in [-0.25, -0.2) is 0 Å². The van der Waals surface area contributed by atoms with Crippen LogP contribution in [0.3, 0.4) is 0 Å². The van der Waals surface area contributed by atoms with Gasteiger partial charge in [-0.1, -0.05) is 50.3 Å². The van der Waals surface area contributed by atoms with Crippen molar-refractivity contribution in [3.8, 4) is 6.07 Å². The molecule has 0 aliphatic heterocycles. The molecule has 3 rings (SSSR count). The van der Waals surface area contributed by atoms with Gasteiger partial charge < -0.3 is 10.6 Å². The second kappa shape index (κ2) is 9.51. The van der Waals surface area contributed by atoms with Gasteiger partial charge >= 0.3 is 0 Å². The molecule has 0 saturated heterocycles. The number of amides is 1. The zero-order valence-corrected chi connectivity index (χ0v) is 17.3. The summed E-state index contributed by atoms with van der Waals surface area (Å²) < 4.78 is 28.2. The molecule has 29 heavy (non-hydrogen) atoms. The predicted octanol–water partition coefficient (Wildman–Crippen LogP) is 2.55. The van der Waals surface area contributed by atoms with Crippen molar-refractivity contribution >= 4 is 22.1 Å². The molecular weight excluding hydrogens is 388 g/mol. The molecule has 2 fully saturated rings. The summed E-state index contributed by atoms with van der Waals surface area (Å²) in [5.74, 6) is 0.281. The van der Waals surface area contributed by atoms with Crippen molar-refractivity contribution in [2.45, 2.75) is 67.8 Å². The van der Waals surface area contributed by atoms with E-state index in [2.05, 4.69) is 21.1 Å². The van der Waals surface area contributed by atoms with Crippen LogP contribution in [0.5, 0.6) is 0 Å². The normalized spacial score (nSPS) is 20.1. The van der Waals surface area contributed by atoms with Gasteiger partial charge in [-0.05, 0) is 37.3 Å². The third-order valence-corrected chi connectivity index (χ3v) is 6.94. The molecule has 2 aliphatic carbocycles. The fourth-order valence-corrected chi connectivity index (χ4v) is 4.63. The molecule has 1 atom stereocenters. The Bertz CT molecular complexity index is 867. The van der Waals surface area contributed by atoms with E-state index in [0.29, 0.717) is 25.2 Å². The number of nitriles is 1. The van der Waals surface area contributed by atoms with Crippen LogP contribution < -0.4 is 10.6 Å². The largest absolute Gasteiger partial charge is 0.336 e. The van der Waals surface area contributed by atoms with E-state index in [4.69, 9.17) is 0 Å². The Morgan fingerprint density at radius 1 is 1.24 bits per heavy atom. The zero-order chi connectivity index (χ0) is 20.7. The maximum atomic E-state index is 12.8. The van der Waals surface area contributed by atoms with E-state index in [-0.39, 0.29) is 17.3 Å².